The fourth-order valence-electron chi connectivity index (χ4n) is 3.94. The summed E-state index contributed by atoms with van der Waals surface area (Å²) < 4.78 is 1.70. The summed E-state index contributed by atoms with van der Waals surface area (Å²) in [7, 11) is 0. The van der Waals surface area contributed by atoms with Gasteiger partial charge in [0, 0.05) is 11.0 Å². The highest BCUT2D eigenvalue weighted by Crippen LogP contribution is 2.37. The molecule has 5 rings (SSSR count). The monoisotopic (exact) mass is 478 g/mol. The minimum absolute atomic E-state index is 0.194. The first-order chi connectivity index (χ1) is 16.1. The molecular weight excluding hydrogens is 456 g/mol. The molecule has 3 aromatic rings. The van der Waals surface area contributed by atoms with Gasteiger partial charge in [0.05, 0.1) is 22.3 Å². The Hall–Kier alpha value is -3.10. The van der Waals surface area contributed by atoms with Crippen LogP contribution in [0, 0.1) is 6.92 Å². The van der Waals surface area contributed by atoms with Crippen molar-refractivity contribution in [2.45, 2.75) is 32.9 Å². The number of thioether (sulfide) groups is 1. The van der Waals surface area contributed by atoms with Crippen molar-refractivity contribution < 1.29 is 4.79 Å². The third-order valence-electron chi connectivity index (χ3n) is 5.56. The summed E-state index contributed by atoms with van der Waals surface area (Å²) >= 11 is 8.42. The normalized spacial score (nSPS) is 17.1. The van der Waals surface area contributed by atoms with Crippen LogP contribution in [0.25, 0.3) is 11.4 Å². The highest BCUT2D eigenvalue weighted by atomic mass is 35.5. The largest absolute Gasteiger partial charge is 0.298 e. The maximum atomic E-state index is 13.2. The zero-order chi connectivity index (χ0) is 22.9. The molecule has 1 aromatic heterocycles. The van der Waals surface area contributed by atoms with Crippen molar-refractivity contribution in [1.29, 1.82) is 0 Å². The van der Waals surface area contributed by atoms with Gasteiger partial charge >= 0.3 is 0 Å². The third kappa shape index (κ3) is 3.94. The summed E-state index contributed by atoms with van der Waals surface area (Å²) in [6, 6.07) is 17.3. The molecule has 0 saturated heterocycles. The topological polar surface area (TPSA) is 74.9 Å². The molecule has 7 nitrogen and oxygen atoms in total. The summed E-state index contributed by atoms with van der Waals surface area (Å²) in [5, 5.41) is 16.6. The number of carbonyl (C=O) groups is 1. The molecule has 0 bridgehead atoms. The molecule has 1 N–H and O–H groups in total. The highest BCUT2D eigenvalue weighted by molar-refractivity contribution is 8.13. The number of hydrogen-bond acceptors (Lipinski definition) is 6. The Balaban J connectivity index is 1.67. The highest BCUT2D eigenvalue weighted by Gasteiger charge is 2.37. The number of nitrogens with one attached hydrogen (secondary N) is 1. The van der Waals surface area contributed by atoms with E-state index in [1.165, 1.54) is 11.8 Å². The first-order valence-corrected chi connectivity index (χ1v) is 12.2. The van der Waals surface area contributed by atoms with Crippen LogP contribution in [-0.4, -0.2) is 31.6 Å². The average Bonchev–Trinajstić information content (AvgIpc) is 3.12. The maximum Gasteiger partial charge on any atom is 0.276 e. The molecule has 0 aliphatic carbocycles. The van der Waals surface area contributed by atoms with Crippen LogP contribution in [0.1, 0.15) is 37.2 Å². The predicted octanol–water partition coefficient (Wildman–Crippen LogP) is 3.51. The zero-order valence-corrected chi connectivity index (χ0v) is 19.9. The van der Waals surface area contributed by atoms with Gasteiger partial charge in [-0.2, -0.15) is 5.10 Å². The lowest BCUT2D eigenvalue weighted by molar-refractivity contribution is -0.116. The summed E-state index contributed by atoms with van der Waals surface area (Å²) in [5.74, 6) is 0.684. The van der Waals surface area contributed by atoms with Crippen LogP contribution in [0.4, 0.5) is 0 Å². The van der Waals surface area contributed by atoms with E-state index in [0.29, 0.717) is 16.0 Å². The van der Waals surface area contributed by atoms with Crippen molar-refractivity contribution in [1.82, 2.24) is 20.1 Å². The Morgan fingerprint density at radius 1 is 1.12 bits per heavy atom. The smallest absolute Gasteiger partial charge is 0.276 e. The van der Waals surface area contributed by atoms with E-state index >= 15 is 0 Å². The zero-order valence-electron chi connectivity index (χ0n) is 18.3. The number of aryl methyl sites for hydroxylation is 1. The lowest BCUT2D eigenvalue weighted by atomic mass is 10.1. The van der Waals surface area contributed by atoms with Gasteiger partial charge in [-0.1, -0.05) is 73.1 Å². The van der Waals surface area contributed by atoms with Crippen LogP contribution >= 0.6 is 23.4 Å². The summed E-state index contributed by atoms with van der Waals surface area (Å²) in [6.45, 7) is 4.04. The molecule has 2 aromatic carbocycles. The molecule has 0 radical (unpaired) electrons. The van der Waals surface area contributed by atoms with Gasteiger partial charge in [0.15, 0.2) is 11.3 Å². The summed E-state index contributed by atoms with van der Waals surface area (Å²) in [4.78, 5) is 18.2. The van der Waals surface area contributed by atoms with Crippen LogP contribution in [-0.2, 0) is 4.79 Å². The maximum absolute atomic E-state index is 13.2. The van der Waals surface area contributed by atoms with Crippen molar-refractivity contribution in [3.63, 3.8) is 0 Å². The van der Waals surface area contributed by atoms with Crippen molar-refractivity contribution >= 4 is 40.1 Å². The number of amides is 1. The SMILES string of the molecule is CCCCSC1=NN2C(=c3ccccc3=N[C@H]2c2c(C)nn(-c3ccccc3)c2Cl)C(=O)N1. The van der Waals surface area contributed by atoms with E-state index in [9.17, 15) is 4.79 Å². The molecule has 0 saturated carbocycles. The summed E-state index contributed by atoms with van der Waals surface area (Å²) in [6.07, 6.45) is 1.52. The van der Waals surface area contributed by atoms with Crippen LogP contribution in [0.5, 0.6) is 0 Å². The first kappa shape index (κ1) is 21.7. The van der Waals surface area contributed by atoms with Crippen LogP contribution in [0.2, 0.25) is 5.15 Å². The van der Waals surface area contributed by atoms with E-state index in [-0.39, 0.29) is 5.91 Å². The Morgan fingerprint density at radius 2 is 1.88 bits per heavy atom. The van der Waals surface area contributed by atoms with Gasteiger partial charge < -0.3 is 0 Å². The second-order valence-corrected chi connectivity index (χ2v) is 9.25. The summed E-state index contributed by atoms with van der Waals surface area (Å²) in [5.41, 5.74) is 2.78. The van der Waals surface area contributed by atoms with E-state index in [1.807, 2.05) is 61.5 Å². The number of carbonyl (C=O) groups excluding carboxylic acids is 1. The van der Waals surface area contributed by atoms with Gasteiger partial charge in [-0.25, -0.2) is 9.69 Å². The Bertz CT molecular complexity index is 1370. The second-order valence-electron chi connectivity index (χ2n) is 7.81. The van der Waals surface area contributed by atoms with Crippen LogP contribution in [0.15, 0.2) is 64.7 Å². The van der Waals surface area contributed by atoms with E-state index in [4.69, 9.17) is 21.7 Å². The van der Waals surface area contributed by atoms with Crippen molar-refractivity contribution in [3.8, 4) is 5.69 Å². The Morgan fingerprint density at radius 3 is 2.67 bits per heavy atom. The van der Waals surface area contributed by atoms with E-state index in [0.717, 1.165) is 46.1 Å². The molecule has 2 aliphatic heterocycles. The lowest BCUT2D eigenvalue weighted by Crippen LogP contribution is -2.50. The number of nitrogens with zero attached hydrogens (tertiary/aromatic N) is 5. The van der Waals surface area contributed by atoms with Gasteiger partial charge in [-0.3, -0.25) is 15.1 Å². The molecule has 0 spiro atoms. The van der Waals surface area contributed by atoms with Crippen molar-refractivity contribution in [2.75, 3.05) is 5.75 Å². The number of unbranched alkanes of at least 4 members (excludes halogenated alkanes) is 1. The van der Waals surface area contributed by atoms with Gasteiger partial charge in [0.25, 0.3) is 5.91 Å². The van der Waals surface area contributed by atoms with E-state index in [1.54, 1.807) is 9.69 Å². The Labute approximate surface area is 200 Å². The fourth-order valence-corrected chi connectivity index (χ4v) is 5.25. The number of para-hydroxylation sites is 2. The molecule has 1 amide bonds. The Kier molecular flexibility index (Phi) is 5.95. The third-order valence-corrected chi connectivity index (χ3v) is 6.87. The average molecular weight is 479 g/mol. The molecule has 168 valence electrons. The number of hydrogen-bond donors (Lipinski definition) is 1. The predicted molar refractivity (Wildman–Crippen MR) is 131 cm³/mol. The molecular formula is C24H23ClN6OS. The van der Waals surface area contributed by atoms with Crippen molar-refractivity contribution in [2.24, 2.45) is 10.1 Å². The number of hydrazone groups is 1. The molecule has 3 heterocycles. The number of fused-ring (bicyclic) bond motifs is 2. The molecule has 0 fully saturated rings. The number of amidine groups is 1. The van der Waals surface area contributed by atoms with E-state index < -0.39 is 6.17 Å². The molecule has 0 unspecified atom stereocenters. The second kappa shape index (κ2) is 9.03. The van der Waals surface area contributed by atoms with Crippen LogP contribution in [0.3, 0.4) is 0 Å². The lowest BCUT2D eigenvalue weighted by Gasteiger charge is -2.34. The van der Waals surface area contributed by atoms with Crippen molar-refractivity contribution in [3.05, 3.63) is 81.6 Å². The minimum atomic E-state index is -0.604. The minimum Gasteiger partial charge on any atom is -0.298 e. The number of benzene rings is 2. The standard InChI is InChI=1S/C24H23ClN6OS/c1-3-4-14-33-24-27-23(32)20-17-12-8-9-13-18(17)26-22(31(20)29-24)19-15(2)28-30(21(19)25)16-10-6-5-7-11-16/h5-13,22H,3-4,14H2,1-2H3,(H,27,29,32)/t22-/m1/s1. The molecule has 33 heavy (non-hydrogen) atoms. The molecule has 2 aliphatic rings. The van der Waals surface area contributed by atoms with Gasteiger partial charge in [-0.05, 0) is 31.5 Å². The number of aromatic nitrogens is 2. The fraction of sp³-hybridized carbons (Fsp3) is 0.250. The molecule has 1 atom stereocenters. The number of halogens is 1. The van der Waals surface area contributed by atoms with Gasteiger partial charge in [0.2, 0.25) is 0 Å². The van der Waals surface area contributed by atoms with Gasteiger partial charge in [0.1, 0.15) is 10.9 Å². The first-order valence-electron chi connectivity index (χ1n) is 10.9. The number of rotatable bonds is 5. The quantitative estimate of drug-likeness (QED) is 0.569. The molecule has 9 heteroatoms. The van der Waals surface area contributed by atoms with E-state index in [2.05, 4.69) is 17.3 Å². The van der Waals surface area contributed by atoms with Crippen LogP contribution < -0.4 is 15.9 Å². The van der Waals surface area contributed by atoms with Gasteiger partial charge in [-0.15, -0.1) is 5.10 Å².